The van der Waals surface area contributed by atoms with E-state index in [0.29, 0.717) is 11.5 Å². The first kappa shape index (κ1) is 10.2. The molecule has 2 heterocycles. The van der Waals surface area contributed by atoms with Gasteiger partial charge in [0.05, 0.1) is 24.8 Å². The van der Waals surface area contributed by atoms with Gasteiger partial charge < -0.3 is 5.11 Å². The van der Waals surface area contributed by atoms with Crippen LogP contribution in [0.3, 0.4) is 0 Å². The first-order chi connectivity index (χ1) is 7.66. The van der Waals surface area contributed by atoms with Crippen molar-refractivity contribution < 1.29 is 14.7 Å². The first-order valence-corrected chi connectivity index (χ1v) is 4.54. The molecule has 1 N–H and O–H groups in total. The van der Waals surface area contributed by atoms with Crippen LogP contribution in [0.2, 0.25) is 0 Å². The van der Waals surface area contributed by atoms with Gasteiger partial charge in [-0.15, -0.1) is 0 Å². The van der Waals surface area contributed by atoms with Gasteiger partial charge in [0.2, 0.25) is 0 Å². The zero-order chi connectivity index (χ0) is 11.5. The number of aromatic nitrogens is 2. The summed E-state index contributed by atoms with van der Waals surface area (Å²) in [7, 11) is 0. The van der Waals surface area contributed by atoms with E-state index in [1.165, 1.54) is 18.6 Å². The summed E-state index contributed by atoms with van der Waals surface area (Å²) < 4.78 is 0. The standard InChI is InChI=1S/C9H8N4O3/c14-8-3-6(4-9(15)16)12-13(8)7-5-10-1-2-11-7/h1-2,5H,3-4H2,(H,15,16). The van der Waals surface area contributed by atoms with Crippen LogP contribution in [0.15, 0.2) is 23.7 Å². The number of carbonyl (C=O) groups excluding carboxylic acids is 1. The highest BCUT2D eigenvalue weighted by Crippen LogP contribution is 2.17. The lowest BCUT2D eigenvalue weighted by molar-refractivity contribution is -0.135. The largest absolute Gasteiger partial charge is 0.481 e. The molecule has 16 heavy (non-hydrogen) atoms. The molecule has 1 aromatic heterocycles. The molecular formula is C9H8N4O3. The Morgan fingerprint density at radius 3 is 2.94 bits per heavy atom. The van der Waals surface area contributed by atoms with Crippen molar-refractivity contribution in [1.82, 2.24) is 9.97 Å². The fraction of sp³-hybridized carbons (Fsp3) is 0.222. The summed E-state index contributed by atoms with van der Waals surface area (Å²) in [5.41, 5.74) is 0.322. The summed E-state index contributed by atoms with van der Waals surface area (Å²) in [6.07, 6.45) is 4.09. The molecule has 1 aromatic rings. The maximum atomic E-state index is 11.5. The second-order valence-electron chi connectivity index (χ2n) is 3.18. The van der Waals surface area contributed by atoms with E-state index in [-0.39, 0.29) is 18.7 Å². The molecule has 1 aliphatic heterocycles. The highest BCUT2D eigenvalue weighted by atomic mass is 16.4. The molecule has 0 fully saturated rings. The molecule has 7 nitrogen and oxygen atoms in total. The van der Waals surface area contributed by atoms with Crippen LogP contribution in [0.4, 0.5) is 5.82 Å². The van der Waals surface area contributed by atoms with Gasteiger partial charge in [0.15, 0.2) is 5.82 Å². The monoisotopic (exact) mass is 220 g/mol. The topological polar surface area (TPSA) is 95.8 Å². The molecule has 0 saturated carbocycles. The third-order valence-corrected chi connectivity index (χ3v) is 1.95. The second-order valence-corrected chi connectivity index (χ2v) is 3.18. The lowest BCUT2D eigenvalue weighted by Gasteiger charge is -2.08. The predicted octanol–water partition coefficient (Wildman–Crippen LogP) is 0.0440. The van der Waals surface area contributed by atoms with Crippen LogP contribution in [0, 0.1) is 0 Å². The van der Waals surface area contributed by atoms with E-state index in [1.54, 1.807) is 0 Å². The number of hydrazone groups is 1. The summed E-state index contributed by atoms with van der Waals surface area (Å²) in [5.74, 6) is -1.00. The summed E-state index contributed by atoms with van der Waals surface area (Å²) >= 11 is 0. The van der Waals surface area contributed by atoms with E-state index in [9.17, 15) is 9.59 Å². The minimum Gasteiger partial charge on any atom is -0.481 e. The van der Waals surface area contributed by atoms with E-state index >= 15 is 0 Å². The lowest BCUT2D eigenvalue weighted by Crippen LogP contribution is -2.20. The van der Waals surface area contributed by atoms with Crippen LogP contribution < -0.4 is 5.01 Å². The van der Waals surface area contributed by atoms with E-state index in [2.05, 4.69) is 15.1 Å². The number of carboxylic acid groups (broad SMARTS) is 1. The van der Waals surface area contributed by atoms with Gasteiger partial charge in [-0.3, -0.25) is 14.6 Å². The minimum absolute atomic E-state index is 0.0167. The Balaban J connectivity index is 2.20. The normalized spacial score (nSPS) is 15.1. The molecular weight excluding hydrogens is 212 g/mol. The van der Waals surface area contributed by atoms with Crippen LogP contribution in [-0.2, 0) is 9.59 Å². The van der Waals surface area contributed by atoms with Crippen molar-refractivity contribution in [2.24, 2.45) is 5.10 Å². The van der Waals surface area contributed by atoms with Gasteiger partial charge in [0.25, 0.3) is 5.91 Å². The Kier molecular flexibility index (Phi) is 2.59. The van der Waals surface area contributed by atoms with Gasteiger partial charge in [-0.1, -0.05) is 0 Å². The Bertz CT molecular complexity index is 457. The molecule has 0 saturated heterocycles. The van der Waals surface area contributed by atoms with Crippen molar-refractivity contribution in [3.63, 3.8) is 0 Å². The zero-order valence-electron chi connectivity index (χ0n) is 8.20. The number of carboxylic acids is 1. The third-order valence-electron chi connectivity index (χ3n) is 1.95. The van der Waals surface area contributed by atoms with Crippen molar-refractivity contribution in [1.29, 1.82) is 0 Å². The van der Waals surface area contributed by atoms with Crippen LogP contribution in [0.5, 0.6) is 0 Å². The van der Waals surface area contributed by atoms with Gasteiger partial charge >= 0.3 is 5.97 Å². The zero-order valence-corrected chi connectivity index (χ0v) is 8.20. The number of anilines is 1. The maximum absolute atomic E-state index is 11.5. The molecule has 0 aromatic carbocycles. The molecule has 0 bridgehead atoms. The Hall–Kier alpha value is -2.31. The number of aliphatic carboxylic acids is 1. The number of rotatable bonds is 3. The van der Waals surface area contributed by atoms with Crippen molar-refractivity contribution in [2.45, 2.75) is 12.8 Å². The predicted molar refractivity (Wildman–Crippen MR) is 53.8 cm³/mol. The second kappa shape index (κ2) is 4.05. The Morgan fingerprint density at radius 2 is 2.31 bits per heavy atom. The molecule has 1 amide bonds. The van der Waals surface area contributed by atoms with E-state index < -0.39 is 5.97 Å². The number of carbonyl (C=O) groups is 2. The van der Waals surface area contributed by atoms with Crippen LogP contribution >= 0.6 is 0 Å². The lowest BCUT2D eigenvalue weighted by atomic mass is 10.2. The van der Waals surface area contributed by atoms with Crippen LogP contribution in [0.25, 0.3) is 0 Å². The molecule has 2 rings (SSSR count). The van der Waals surface area contributed by atoms with E-state index in [1.807, 2.05) is 0 Å². The number of hydrogen-bond donors (Lipinski definition) is 1. The van der Waals surface area contributed by atoms with Gasteiger partial charge in [0, 0.05) is 12.4 Å². The fourth-order valence-corrected chi connectivity index (χ4v) is 1.33. The number of amides is 1. The van der Waals surface area contributed by atoms with Crippen molar-refractivity contribution in [2.75, 3.05) is 5.01 Å². The van der Waals surface area contributed by atoms with Gasteiger partial charge in [0.1, 0.15) is 0 Å². The summed E-state index contributed by atoms with van der Waals surface area (Å²) in [6, 6.07) is 0. The SMILES string of the molecule is O=C(O)CC1=NN(c2cnccn2)C(=O)C1. The summed E-state index contributed by atoms with van der Waals surface area (Å²) in [6.45, 7) is 0. The number of hydrogen-bond acceptors (Lipinski definition) is 5. The average molecular weight is 220 g/mol. The van der Waals surface area contributed by atoms with E-state index in [0.717, 1.165) is 5.01 Å². The quantitative estimate of drug-likeness (QED) is 0.776. The molecule has 7 heteroatoms. The Morgan fingerprint density at radius 1 is 1.50 bits per heavy atom. The minimum atomic E-state index is -1.01. The van der Waals surface area contributed by atoms with E-state index in [4.69, 9.17) is 5.11 Å². The third kappa shape index (κ3) is 2.02. The number of nitrogens with zero attached hydrogens (tertiary/aromatic N) is 4. The highest BCUT2D eigenvalue weighted by Gasteiger charge is 2.27. The first-order valence-electron chi connectivity index (χ1n) is 4.54. The van der Waals surface area contributed by atoms with Crippen molar-refractivity contribution >= 4 is 23.4 Å². The molecule has 0 atom stereocenters. The molecule has 1 aliphatic rings. The van der Waals surface area contributed by atoms with Crippen LogP contribution in [0.1, 0.15) is 12.8 Å². The average Bonchev–Trinajstić information content (AvgIpc) is 2.60. The molecule has 0 spiro atoms. The molecule has 0 radical (unpaired) electrons. The van der Waals surface area contributed by atoms with Crippen LogP contribution in [-0.4, -0.2) is 32.7 Å². The maximum Gasteiger partial charge on any atom is 0.309 e. The highest BCUT2D eigenvalue weighted by molar-refractivity contribution is 6.16. The Labute approximate surface area is 90.4 Å². The van der Waals surface area contributed by atoms with Gasteiger partial charge in [-0.05, 0) is 0 Å². The molecule has 82 valence electrons. The fourth-order valence-electron chi connectivity index (χ4n) is 1.33. The summed E-state index contributed by atoms with van der Waals surface area (Å²) in [4.78, 5) is 29.7. The van der Waals surface area contributed by atoms with Gasteiger partial charge in [-0.25, -0.2) is 4.98 Å². The van der Waals surface area contributed by atoms with Crippen molar-refractivity contribution in [3.8, 4) is 0 Å². The molecule has 0 aliphatic carbocycles. The van der Waals surface area contributed by atoms with Gasteiger partial charge in [-0.2, -0.15) is 10.1 Å². The molecule has 0 unspecified atom stereocenters. The smallest absolute Gasteiger partial charge is 0.309 e. The van der Waals surface area contributed by atoms with Crippen molar-refractivity contribution in [3.05, 3.63) is 18.6 Å². The summed E-state index contributed by atoms with van der Waals surface area (Å²) in [5, 5.41) is 13.5.